The normalized spacial score (nSPS) is 25.1. The van der Waals surface area contributed by atoms with Crippen molar-refractivity contribution in [3.8, 4) is 5.75 Å². The number of ether oxygens (including phenoxy) is 2. The van der Waals surface area contributed by atoms with Crippen LogP contribution in [0.1, 0.15) is 19.8 Å². The maximum absolute atomic E-state index is 11.0. The summed E-state index contributed by atoms with van der Waals surface area (Å²) in [7, 11) is 0. The van der Waals surface area contributed by atoms with Crippen molar-refractivity contribution in [2.24, 2.45) is 0 Å². The maximum Gasteiger partial charge on any atom is 0.312 e. The fourth-order valence-electron chi connectivity index (χ4n) is 2.05. The van der Waals surface area contributed by atoms with Gasteiger partial charge in [0.05, 0.1) is 16.0 Å². The molecular weight excluding hydrogens is 286 g/mol. The highest BCUT2D eigenvalue weighted by Gasteiger charge is 2.44. The molecule has 6 nitrogen and oxygen atoms in total. The summed E-state index contributed by atoms with van der Waals surface area (Å²) in [5.41, 5.74) is -0.187. The molecule has 1 aliphatic carbocycles. The average Bonchev–Trinajstić information content (AvgIpc) is 2.40. The number of nitro benzene ring substituents is 1. The molecule has 0 radical (unpaired) electrons. The van der Waals surface area contributed by atoms with Gasteiger partial charge in [0.25, 0.3) is 0 Å². The summed E-state index contributed by atoms with van der Waals surface area (Å²) in [6.45, 7) is 2.46. The van der Waals surface area contributed by atoms with E-state index in [2.05, 4.69) is 0 Å². The smallest absolute Gasteiger partial charge is 0.312 e. The summed E-state index contributed by atoms with van der Waals surface area (Å²) >= 11 is 5.95. The highest BCUT2D eigenvalue weighted by atomic mass is 35.5. The van der Waals surface area contributed by atoms with Crippen LogP contribution in [0.2, 0.25) is 5.02 Å². The zero-order valence-corrected chi connectivity index (χ0v) is 11.7. The third-order valence-electron chi connectivity index (χ3n) is 3.15. The molecule has 7 heteroatoms. The number of rotatable bonds is 6. The summed E-state index contributed by atoms with van der Waals surface area (Å²) in [5.74, 6) is 0.0289. The standard InChI is InChI=1S/C13H16ClNO5/c1-2-6-19-13-10(16)7-11(13)20-12-8(14)4-3-5-9(12)15(17)18/h3-5,10-11,13,16H,2,6-7H2,1H3. The van der Waals surface area contributed by atoms with Crippen LogP contribution in [0.5, 0.6) is 5.75 Å². The molecule has 1 aliphatic rings. The molecule has 0 amide bonds. The maximum atomic E-state index is 11.0. The number of hydrogen-bond donors (Lipinski definition) is 1. The van der Waals surface area contributed by atoms with Gasteiger partial charge in [-0.2, -0.15) is 0 Å². The lowest BCUT2D eigenvalue weighted by molar-refractivity contribution is -0.386. The molecule has 1 aromatic rings. The third-order valence-corrected chi connectivity index (χ3v) is 3.44. The van der Waals surface area contributed by atoms with Crippen molar-refractivity contribution < 1.29 is 19.5 Å². The number of hydrogen-bond acceptors (Lipinski definition) is 5. The number of nitro groups is 1. The van der Waals surface area contributed by atoms with Gasteiger partial charge in [-0.05, 0) is 12.5 Å². The van der Waals surface area contributed by atoms with Crippen LogP contribution in [-0.4, -0.2) is 34.9 Å². The van der Waals surface area contributed by atoms with Crippen LogP contribution in [0.4, 0.5) is 5.69 Å². The molecule has 0 saturated heterocycles. The van der Waals surface area contributed by atoms with Crippen LogP contribution in [0.25, 0.3) is 0 Å². The largest absolute Gasteiger partial charge is 0.479 e. The molecule has 0 aromatic heterocycles. The Hall–Kier alpha value is -1.37. The van der Waals surface area contributed by atoms with E-state index in [9.17, 15) is 15.2 Å². The molecule has 3 unspecified atom stereocenters. The van der Waals surface area contributed by atoms with Gasteiger partial charge in [0, 0.05) is 19.1 Å². The Kier molecular flexibility index (Phi) is 4.80. The van der Waals surface area contributed by atoms with Gasteiger partial charge in [-0.25, -0.2) is 0 Å². The minimum atomic E-state index is -0.604. The van der Waals surface area contributed by atoms with Crippen LogP contribution in [0.15, 0.2) is 18.2 Å². The SMILES string of the molecule is CCCOC1C(O)CC1Oc1c(Cl)cccc1[N+](=O)[O-]. The second-order valence-electron chi connectivity index (χ2n) is 4.64. The zero-order chi connectivity index (χ0) is 14.7. The first-order valence-corrected chi connectivity index (χ1v) is 6.81. The van der Waals surface area contributed by atoms with Crippen molar-refractivity contribution >= 4 is 17.3 Å². The van der Waals surface area contributed by atoms with Gasteiger partial charge in [0.2, 0.25) is 5.75 Å². The van der Waals surface area contributed by atoms with Crippen LogP contribution >= 0.6 is 11.6 Å². The monoisotopic (exact) mass is 301 g/mol. The van der Waals surface area contributed by atoms with Gasteiger partial charge in [-0.15, -0.1) is 0 Å². The van der Waals surface area contributed by atoms with Gasteiger partial charge < -0.3 is 14.6 Å². The van der Waals surface area contributed by atoms with Crippen molar-refractivity contribution in [1.82, 2.24) is 0 Å². The molecular formula is C13H16ClNO5. The minimum absolute atomic E-state index is 0.0289. The van der Waals surface area contributed by atoms with Crippen LogP contribution in [0.3, 0.4) is 0 Å². The molecule has 1 fully saturated rings. The highest BCUT2D eigenvalue weighted by Crippen LogP contribution is 2.38. The number of aliphatic hydroxyl groups is 1. The topological polar surface area (TPSA) is 81.8 Å². The Bertz CT molecular complexity index is 496. The lowest BCUT2D eigenvalue weighted by atomic mass is 9.88. The first kappa shape index (κ1) is 15.0. The number of nitrogens with zero attached hydrogens (tertiary/aromatic N) is 1. The van der Waals surface area contributed by atoms with E-state index in [1.165, 1.54) is 18.2 Å². The second-order valence-corrected chi connectivity index (χ2v) is 5.05. The van der Waals surface area contributed by atoms with Crippen molar-refractivity contribution in [2.45, 2.75) is 38.1 Å². The second kappa shape index (κ2) is 6.39. The Morgan fingerprint density at radius 1 is 1.55 bits per heavy atom. The van der Waals surface area contributed by atoms with E-state index in [0.717, 1.165) is 6.42 Å². The Balaban J connectivity index is 2.12. The van der Waals surface area contributed by atoms with E-state index in [1.807, 2.05) is 6.92 Å². The Morgan fingerprint density at radius 3 is 2.90 bits per heavy atom. The number of aliphatic hydroxyl groups excluding tert-OH is 1. The summed E-state index contributed by atoms with van der Waals surface area (Å²) in [6.07, 6.45) is -0.298. The van der Waals surface area contributed by atoms with E-state index >= 15 is 0 Å². The molecule has 20 heavy (non-hydrogen) atoms. The van der Waals surface area contributed by atoms with E-state index in [0.29, 0.717) is 13.0 Å². The molecule has 3 atom stereocenters. The average molecular weight is 302 g/mol. The quantitative estimate of drug-likeness (QED) is 0.645. The van der Waals surface area contributed by atoms with Crippen molar-refractivity contribution in [1.29, 1.82) is 0 Å². The predicted octanol–water partition coefficient (Wildman–Crippen LogP) is 2.56. The third kappa shape index (κ3) is 3.03. The summed E-state index contributed by atoms with van der Waals surface area (Å²) in [6, 6.07) is 4.35. The van der Waals surface area contributed by atoms with E-state index in [-0.39, 0.29) is 16.5 Å². The first-order valence-electron chi connectivity index (χ1n) is 6.43. The van der Waals surface area contributed by atoms with Gasteiger partial charge in [-0.1, -0.05) is 24.6 Å². The van der Waals surface area contributed by atoms with E-state index < -0.39 is 23.2 Å². The molecule has 2 rings (SSSR count). The first-order chi connectivity index (χ1) is 9.54. The molecule has 1 aromatic carbocycles. The van der Waals surface area contributed by atoms with Crippen molar-refractivity contribution in [2.75, 3.05) is 6.61 Å². The molecule has 1 saturated carbocycles. The highest BCUT2D eigenvalue weighted by molar-refractivity contribution is 6.32. The van der Waals surface area contributed by atoms with Gasteiger partial charge >= 0.3 is 5.69 Å². The van der Waals surface area contributed by atoms with Crippen LogP contribution in [-0.2, 0) is 4.74 Å². The molecule has 0 spiro atoms. The lowest BCUT2D eigenvalue weighted by Gasteiger charge is -2.40. The Morgan fingerprint density at radius 2 is 2.30 bits per heavy atom. The molecule has 0 heterocycles. The van der Waals surface area contributed by atoms with Crippen LogP contribution < -0.4 is 4.74 Å². The Labute approximate surface area is 121 Å². The fraction of sp³-hybridized carbons (Fsp3) is 0.538. The van der Waals surface area contributed by atoms with Crippen molar-refractivity contribution in [3.63, 3.8) is 0 Å². The number of para-hydroxylation sites is 1. The van der Waals surface area contributed by atoms with Crippen LogP contribution in [0, 0.1) is 10.1 Å². The predicted molar refractivity (Wildman–Crippen MR) is 73.2 cm³/mol. The van der Waals surface area contributed by atoms with Gasteiger partial charge in [0.1, 0.15) is 12.2 Å². The number of halogens is 1. The molecule has 1 N–H and O–H groups in total. The summed E-state index contributed by atoms with van der Waals surface area (Å²) < 4.78 is 11.1. The zero-order valence-electron chi connectivity index (χ0n) is 11.0. The molecule has 0 aliphatic heterocycles. The fourth-order valence-corrected chi connectivity index (χ4v) is 2.27. The van der Waals surface area contributed by atoms with Crippen molar-refractivity contribution in [3.05, 3.63) is 33.3 Å². The summed E-state index contributed by atoms with van der Waals surface area (Å²) in [4.78, 5) is 10.4. The minimum Gasteiger partial charge on any atom is -0.479 e. The number of benzene rings is 1. The molecule has 0 bridgehead atoms. The molecule has 110 valence electrons. The summed E-state index contributed by atoms with van der Waals surface area (Å²) in [5, 5.41) is 20.8. The van der Waals surface area contributed by atoms with E-state index in [1.54, 1.807) is 0 Å². The van der Waals surface area contributed by atoms with E-state index in [4.69, 9.17) is 21.1 Å². The van der Waals surface area contributed by atoms with Gasteiger partial charge in [-0.3, -0.25) is 10.1 Å². The lowest BCUT2D eigenvalue weighted by Crippen LogP contribution is -2.55. The van der Waals surface area contributed by atoms with Gasteiger partial charge in [0.15, 0.2) is 0 Å².